The van der Waals surface area contributed by atoms with Crippen molar-refractivity contribution in [1.82, 2.24) is 0 Å². The molecular formula is C14H15BrF2N2O2. The van der Waals surface area contributed by atoms with E-state index in [4.69, 9.17) is 9.59 Å². The van der Waals surface area contributed by atoms with Crippen LogP contribution in [0.25, 0.3) is 0 Å². The Bertz CT molecular complexity index is 549. The fourth-order valence-corrected chi connectivity index (χ4v) is 2.55. The molecule has 0 amide bonds. The Morgan fingerprint density at radius 3 is 2.29 bits per heavy atom. The molecule has 0 fully saturated rings. The predicted molar refractivity (Wildman–Crippen MR) is 78.2 cm³/mol. The Morgan fingerprint density at radius 1 is 1.33 bits per heavy atom. The van der Waals surface area contributed by atoms with Gasteiger partial charge in [-0.3, -0.25) is 4.99 Å². The predicted octanol–water partition coefficient (Wildman–Crippen LogP) is 3.55. The molecule has 2 rings (SSSR count). The third kappa shape index (κ3) is 4.19. The summed E-state index contributed by atoms with van der Waals surface area (Å²) < 4.78 is 28.3. The van der Waals surface area contributed by atoms with Crippen LogP contribution >= 0.6 is 15.9 Å². The van der Waals surface area contributed by atoms with Gasteiger partial charge in [0.15, 0.2) is 11.6 Å². The van der Waals surface area contributed by atoms with Crippen LogP contribution in [0.1, 0.15) is 26.7 Å². The topological polar surface area (TPSA) is 49.7 Å². The summed E-state index contributed by atoms with van der Waals surface area (Å²) in [5, 5.41) is 0. The van der Waals surface area contributed by atoms with Gasteiger partial charge in [0.1, 0.15) is 11.5 Å². The highest BCUT2D eigenvalue weighted by atomic mass is 79.9. The highest BCUT2D eigenvalue weighted by molar-refractivity contribution is 9.10. The smallest absolute Gasteiger partial charge is 0.323 e. The van der Waals surface area contributed by atoms with Crippen LogP contribution in [0.2, 0.25) is 0 Å². The van der Waals surface area contributed by atoms with Gasteiger partial charge in [-0.25, -0.2) is 8.78 Å². The van der Waals surface area contributed by atoms with Crippen LogP contribution in [-0.4, -0.2) is 24.6 Å². The zero-order chi connectivity index (χ0) is 16.0. The van der Waals surface area contributed by atoms with E-state index in [1.54, 1.807) is 4.90 Å². The molecule has 1 aromatic rings. The van der Waals surface area contributed by atoms with Crippen molar-refractivity contribution in [2.75, 3.05) is 11.4 Å². The molecule has 1 aliphatic heterocycles. The van der Waals surface area contributed by atoms with E-state index in [-0.39, 0.29) is 17.9 Å². The highest BCUT2D eigenvalue weighted by Crippen LogP contribution is 2.30. The first kappa shape index (κ1) is 17.5. The number of carbonyl (C=O) groups excluding carboxylic acids is 2. The number of aliphatic imine (C=N–C) groups is 1. The van der Waals surface area contributed by atoms with Crippen molar-refractivity contribution in [3.63, 3.8) is 0 Å². The van der Waals surface area contributed by atoms with Gasteiger partial charge in [0.05, 0.1) is 6.04 Å². The molecule has 114 valence electrons. The van der Waals surface area contributed by atoms with Crippen LogP contribution in [0, 0.1) is 11.6 Å². The number of anilines is 1. The van der Waals surface area contributed by atoms with Gasteiger partial charge in [-0.1, -0.05) is 29.8 Å². The molecule has 1 unspecified atom stereocenters. The summed E-state index contributed by atoms with van der Waals surface area (Å²) in [4.78, 5) is 22.4. The molecule has 1 aliphatic rings. The van der Waals surface area contributed by atoms with E-state index in [2.05, 4.69) is 20.9 Å². The fourth-order valence-electron chi connectivity index (χ4n) is 2.15. The first-order valence-electron chi connectivity index (χ1n) is 6.46. The first-order chi connectivity index (χ1) is 9.98. The van der Waals surface area contributed by atoms with Gasteiger partial charge >= 0.3 is 6.15 Å². The zero-order valence-electron chi connectivity index (χ0n) is 11.7. The molecule has 0 spiro atoms. The summed E-state index contributed by atoms with van der Waals surface area (Å²) in [7, 11) is 0. The minimum Gasteiger partial charge on any atom is -0.323 e. The van der Waals surface area contributed by atoms with Gasteiger partial charge in [0.2, 0.25) is 0 Å². The van der Waals surface area contributed by atoms with Crippen molar-refractivity contribution in [3.8, 4) is 0 Å². The molecule has 0 radical (unpaired) electrons. The fraction of sp³-hybridized carbons (Fsp3) is 0.429. The molecule has 4 nitrogen and oxygen atoms in total. The molecule has 0 bridgehead atoms. The molecule has 0 saturated carbocycles. The maximum atomic E-state index is 13.9. The lowest BCUT2D eigenvalue weighted by Gasteiger charge is -2.21. The van der Waals surface area contributed by atoms with E-state index in [1.807, 2.05) is 13.8 Å². The zero-order valence-corrected chi connectivity index (χ0v) is 13.3. The monoisotopic (exact) mass is 360 g/mol. The third-order valence-electron chi connectivity index (χ3n) is 3.08. The second-order valence-electron chi connectivity index (χ2n) is 4.37. The van der Waals surface area contributed by atoms with Crippen molar-refractivity contribution in [2.24, 2.45) is 4.99 Å². The lowest BCUT2D eigenvalue weighted by Crippen LogP contribution is -2.30. The third-order valence-corrected chi connectivity index (χ3v) is 3.53. The van der Waals surface area contributed by atoms with Crippen molar-refractivity contribution < 1.29 is 18.4 Å². The molecule has 1 atom stereocenters. The second kappa shape index (κ2) is 8.00. The van der Waals surface area contributed by atoms with Gasteiger partial charge < -0.3 is 4.90 Å². The normalized spacial score (nSPS) is 16.9. The standard InChI is InChI=1S/C13H15BrF2N2.CO2/c1-3-9-7-18(12(4-2)17-9)13-10(15)5-8(14)6-11(13)16;2-1-3/h5-6,9H,3-4,7H2,1-2H3;. The number of amidine groups is 1. The molecule has 0 saturated heterocycles. The van der Waals surface area contributed by atoms with Gasteiger partial charge in [-0.15, -0.1) is 0 Å². The number of nitrogens with zero attached hydrogens (tertiary/aromatic N) is 2. The van der Waals surface area contributed by atoms with Gasteiger partial charge in [0.25, 0.3) is 0 Å². The lowest BCUT2D eigenvalue weighted by atomic mass is 10.2. The minimum atomic E-state index is -0.556. The van der Waals surface area contributed by atoms with Crippen LogP contribution in [-0.2, 0) is 9.59 Å². The molecule has 1 aromatic carbocycles. The van der Waals surface area contributed by atoms with E-state index < -0.39 is 11.6 Å². The van der Waals surface area contributed by atoms with Crippen LogP contribution in [0.15, 0.2) is 21.6 Å². The Kier molecular flexibility index (Phi) is 6.65. The summed E-state index contributed by atoms with van der Waals surface area (Å²) in [5.74, 6) is -0.360. The second-order valence-corrected chi connectivity index (χ2v) is 5.29. The van der Waals surface area contributed by atoms with Crippen LogP contribution in [0.5, 0.6) is 0 Å². The summed E-state index contributed by atoms with van der Waals surface area (Å²) in [6.45, 7) is 4.52. The summed E-state index contributed by atoms with van der Waals surface area (Å²) in [5.41, 5.74) is 0.00903. The molecule has 0 N–H and O–H groups in total. The van der Waals surface area contributed by atoms with Crippen molar-refractivity contribution >= 4 is 33.6 Å². The van der Waals surface area contributed by atoms with E-state index in [0.717, 1.165) is 12.3 Å². The molecule has 7 heteroatoms. The first-order valence-corrected chi connectivity index (χ1v) is 7.25. The number of hydrogen-bond donors (Lipinski definition) is 0. The molecule has 21 heavy (non-hydrogen) atoms. The number of benzene rings is 1. The van der Waals surface area contributed by atoms with Crippen molar-refractivity contribution in [2.45, 2.75) is 32.7 Å². The average Bonchev–Trinajstić information content (AvgIpc) is 2.81. The van der Waals surface area contributed by atoms with Gasteiger partial charge in [-0.2, -0.15) is 9.59 Å². The summed E-state index contributed by atoms with van der Waals surface area (Å²) in [6, 6.07) is 2.69. The Balaban J connectivity index is 0.000000677. The van der Waals surface area contributed by atoms with Crippen molar-refractivity contribution in [1.29, 1.82) is 0 Å². The number of hydrogen-bond acceptors (Lipinski definition) is 4. The molecular weight excluding hydrogens is 346 g/mol. The summed E-state index contributed by atoms with van der Waals surface area (Å²) in [6.07, 6.45) is 1.80. The molecule has 0 aliphatic carbocycles. The van der Waals surface area contributed by atoms with E-state index >= 15 is 0 Å². The van der Waals surface area contributed by atoms with Crippen LogP contribution < -0.4 is 4.90 Å². The summed E-state index contributed by atoms with van der Waals surface area (Å²) >= 11 is 3.08. The van der Waals surface area contributed by atoms with Gasteiger partial charge in [0, 0.05) is 17.4 Å². The highest BCUT2D eigenvalue weighted by Gasteiger charge is 2.28. The molecule has 1 heterocycles. The van der Waals surface area contributed by atoms with E-state index in [0.29, 0.717) is 17.4 Å². The maximum Gasteiger partial charge on any atom is 0.373 e. The number of halogens is 3. The minimum absolute atomic E-state index is 0.00903. The van der Waals surface area contributed by atoms with Crippen LogP contribution in [0.3, 0.4) is 0 Å². The molecule has 0 aromatic heterocycles. The average molecular weight is 361 g/mol. The quantitative estimate of drug-likeness (QED) is 0.827. The van der Waals surface area contributed by atoms with Crippen molar-refractivity contribution in [3.05, 3.63) is 28.2 Å². The Morgan fingerprint density at radius 2 is 1.86 bits per heavy atom. The van der Waals surface area contributed by atoms with Crippen LogP contribution in [0.4, 0.5) is 14.5 Å². The lowest BCUT2D eigenvalue weighted by molar-refractivity contribution is -0.191. The SMILES string of the molecule is CCC1=NC(CC)CN1c1c(F)cc(Br)cc1F.O=C=O. The maximum absolute atomic E-state index is 13.9. The Hall–Kier alpha value is -1.59. The van der Waals surface area contributed by atoms with E-state index in [1.165, 1.54) is 12.1 Å². The van der Waals surface area contributed by atoms with Gasteiger partial charge in [-0.05, 0) is 18.6 Å². The van der Waals surface area contributed by atoms with E-state index in [9.17, 15) is 8.78 Å². The number of rotatable bonds is 3. The largest absolute Gasteiger partial charge is 0.373 e. The Labute approximate surface area is 130 Å².